The molecule has 0 radical (unpaired) electrons. The second-order valence-electron chi connectivity index (χ2n) is 9.66. The molecule has 0 N–H and O–H groups in total. The maximum Gasteiger partial charge on any atom is -0.0533 e. The first-order valence-electron chi connectivity index (χ1n) is 15.7. The van der Waals surface area contributed by atoms with Gasteiger partial charge in [-0.1, -0.05) is 209 Å². The van der Waals surface area contributed by atoms with Crippen molar-refractivity contribution in [1.82, 2.24) is 0 Å². The Hall–Kier alpha value is 0. The van der Waals surface area contributed by atoms with Gasteiger partial charge in [-0.05, 0) is 0 Å². The van der Waals surface area contributed by atoms with E-state index in [-0.39, 0.29) is 0 Å². The lowest BCUT2D eigenvalue weighted by Gasteiger charge is -1.98. The fraction of sp³-hybridized carbons (Fsp3) is 1.00. The van der Waals surface area contributed by atoms with Crippen molar-refractivity contribution < 1.29 is 0 Å². The summed E-state index contributed by atoms with van der Waals surface area (Å²) in [6, 6.07) is 0. The van der Waals surface area contributed by atoms with Gasteiger partial charge in [0.2, 0.25) is 0 Å². The van der Waals surface area contributed by atoms with Gasteiger partial charge in [-0.15, -0.1) is 0 Å². The lowest BCUT2D eigenvalue weighted by Crippen LogP contribution is -1.79. The fourth-order valence-corrected chi connectivity index (χ4v) is 3.44. The summed E-state index contributed by atoms with van der Waals surface area (Å²) >= 11 is 0. The molecule has 0 rings (SSSR count). The quantitative estimate of drug-likeness (QED) is 0.160. The van der Waals surface area contributed by atoms with Crippen LogP contribution >= 0.6 is 0 Å². The molecule has 0 aromatic carbocycles. The smallest absolute Gasteiger partial charge is 0.0533 e. The summed E-state index contributed by atoms with van der Waals surface area (Å²) in [6.07, 6.45) is 34.0. The largest absolute Gasteiger partial charge is 0.0654 e. The van der Waals surface area contributed by atoms with Crippen LogP contribution < -0.4 is 0 Å². The maximum atomic E-state index is 2.27. The molecule has 32 heavy (non-hydrogen) atoms. The van der Waals surface area contributed by atoms with Crippen LogP contribution in [0.15, 0.2) is 0 Å². The molecule has 0 aliphatic rings. The number of hydrogen-bond acceptors (Lipinski definition) is 0. The average Bonchev–Trinajstić information content (AvgIpc) is 2.81. The molecule has 0 aliphatic heterocycles. The first-order valence-corrected chi connectivity index (χ1v) is 15.7. The third-order valence-corrected chi connectivity index (χ3v) is 5.83. The molecule has 0 aromatic heterocycles. The maximum absolute atomic E-state index is 2.27. The molecule has 0 amide bonds. The van der Waals surface area contributed by atoms with Crippen molar-refractivity contribution in [2.75, 3.05) is 0 Å². The van der Waals surface area contributed by atoms with Gasteiger partial charge in [-0.3, -0.25) is 0 Å². The van der Waals surface area contributed by atoms with Crippen LogP contribution in [0.5, 0.6) is 0 Å². The molecule has 0 atom stereocenters. The lowest BCUT2D eigenvalue weighted by molar-refractivity contribution is 0.572. The van der Waals surface area contributed by atoms with Crippen molar-refractivity contribution in [3.63, 3.8) is 0 Å². The highest BCUT2D eigenvalue weighted by Gasteiger charge is 1.89. The van der Waals surface area contributed by atoms with E-state index in [1.54, 1.807) is 0 Å². The SMILES string of the molecule is CCCCC.CCCCCCC.CCCCCCCCC.CCCCCCCCCCC. The first-order chi connectivity index (χ1) is 15.7. The number of rotatable bonds is 20. The summed E-state index contributed by atoms with van der Waals surface area (Å²) in [7, 11) is 0. The van der Waals surface area contributed by atoms with E-state index in [2.05, 4.69) is 55.4 Å². The predicted molar refractivity (Wildman–Crippen MR) is 156 cm³/mol. The van der Waals surface area contributed by atoms with Crippen LogP contribution in [0.3, 0.4) is 0 Å². The highest BCUT2D eigenvalue weighted by atomic mass is 14.0. The lowest BCUT2D eigenvalue weighted by atomic mass is 10.1. The third-order valence-electron chi connectivity index (χ3n) is 5.83. The molecular formula is C32H72. The molecule has 0 heteroatoms. The molecule has 0 nitrogen and oxygen atoms in total. The normalized spacial score (nSPS) is 9.75. The number of hydrogen-bond donors (Lipinski definition) is 0. The van der Waals surface area contributed by atoms with Crippen molar-refractivity contribution in [3.8, 4) is 0 Å². The summed E-state index contributed by atoms with van der Waals surface area (Å²) in [5.74, 6) is 0. The molecule has 0 saturated carbocycles. The molecule has 0 heterocycles. The Labute approximate surface area is 209 Å². The van der Waals surface area contributed by atoms with Crippen LogP contribution in [-0.4, -0.2) is 0 Å². The molecule has 0 bridgehead atoms. The van der Waals surface area contributed by atoms with Gasteiger partial charge in [0.15, 0.2) is 0 Å². The zero-order valence-electron chi connectivity index (χ0n) is 25.0. The van der Waals surface area contributed by atoms with Gasteiger partial charge in [0.25, 0.3) is 0 Å². The molecule has 200 valence electrons. The van der Waals surface area contributed by atoms with Gasteiger partial charge in [-0.2, -0.15) is 0 Å². The summed E-state index contributed by atoms with van der Waals surface area (Å²) < 4.78 is 0. The van der Waals surface area contributed by atoms with E-state index in [9.17, 15) is 0 Å². The Morgan fingerprint density at radius 3 is 0.406 bits per heavy atom. The van der Waals surface area contributed by atoms with Crippen LogP contribution in [0.4, 0.5) is 0 Å². The minimum atomic E-state index is 1.34. The Morgan fingerprint density at radius 1 is 0.156 bits per heavy atom. The van der Waals surface area contributed by atoms with Gasteiger partial charge >= 0.3 is 0 Å². The first kappa shape index (κ1) is 39.2. The van der Waals surface area contributed by atoms with Gasteiger partial charge < -0.3 is 0 Å². The van der Waals surface area contributed by atoms with Crippen LogP contribution in [0.2, 0.25) is 0 Å². The van der Waals surface area contributed by atoms with Crippen molar-refractivity contribution in [1.29, 1.82) is 0 Å². The van der Waals surface area contributed by atoms with Gasteiger partial charge in [0.1, 0.15) is 0 Å². The molecule has 0 aliphatic carbocycles. The summed E-state index contributed by atoms with van der Waals surface area (Å²) in [5, 5.41) is 0. The Bertz CT molecular complexity index is 200. The second kappa shape index (κ2) is 48.4. The Balaban J connectivity index is -0.000000170. The Morgan fingerprint density at radius 2 is 0.281 bits per heavy atom. The van der Waals surface area contributed by atoms with Crippen LogP contribution in [-0.2, 0) is 0 Å². The third kappa shape index (κ3) is 63.1. The van der Waals surface area contributed by atoms with Crippen molar-refractivity contribution in [2.24, 2.45) is 0 Å². The zero-order chi connectivity index (χ0) is 25.0. The zero-order valence-corrected chi connectivity index (χ0v) is 25.0. The van der Waals surface area contributed by atoms with E-state index >= 15 is 0 Å². The van der Waals surface area contributed by atoms with Gasteiger partial charge in [0, 0.05) is 0 Å². The van der Waals surface area contributed by atoms with E-state index in [0.29, 0.717) is 0 Å². The van der Waals surface area contributed by atoms with Crippen molar-refractivity contribution in [2.45, 2.75) is 209 Å². The second-order valence-corrected chi connectivity index (χ2v) is 9.66. The minimum Gasteiger partial charge on any atom is -0.0654 e. The van der Waals surface area contributed by atoms with Gasteiger partial charge in [-0.25, -0.2) is 0 Å². The van der Waals surface area contributed by atoms with Crippen LogP contribution in [0.1, 0.15) is 209 Å². The van der Waals surface area contributed by atoms with E-state index in [1.165, 1.54) is 154 Å². The highest BCUT2D eigenvalue weighted by Crippen LogP contribution is 2.09. The minimum absolute atomic E-state index is 1.34. The monoisotopic (exact) mass is 457 g/mol. The highest BCUT2D eigenvalue weighted by molar-refractivity contribution is 4.45. The van der Waals surface area contributed by atoms with Crippen molar-refractivity contribution in [3.05, 3.63) is 0 Å². The van der Waals surface area contributed by atoms with Gasteiger partial charge in [0.05, 0.1) is 0 Å². The van der Waals surface area contributed by atoms with E-state index in [4.69, 9.17) is 0 Å². The molecule has 0 saturated heterocycles. The summed E-state index contributed by atoms with van der Waals surface area (Å²) in [6.45, 7) is 18.0. The summed E-state index contributed by atoms with van der Waals surface area (Å²) in [4.78, 5) is 0. The number of unbranched alkanes of at least 4 members (excludes halogenated alkanes) is 20. The van der Waals surface area contributed by atoms with Crippen LogP contribution in [0.25, 0.3) is 0 Å². The topological polar surface area (TPSA) is 0 Å². The van der Waals surface area contributed by atoms with E-state index < -0.39 is 0 Å². The predicted octanol–water partition coefficient (Wildman–Crippen LogP) is 13.5. The van der Waals surface area contributed by atoms with E-state index in [0.717, 1.165) is 0 Å². The van der Waals surface area contributed by atoms with E-state index in [1.807, 2.05) is 0 Å². The fourth-order valence-electron chi connectivity index (χ4n) is 3.44. The molecule has 0 aromatic rings. The summed E-state index contributed by atoms with van der Waals surface area (Å²) in [5.41, 5.74) is 0. The standard InChI is InChI=1S/C11H24.C9H20.C7H16.C5H12/c1-3-5-7-9-11-10-8-6-4-2;1-3-5-7-9-8-6-4-2;1-3-5-7-6-4-2;1-3-5-4-2/h3-11H2,1-2H3;3-9H2,1-2H3;3-7H2,1-2H3;3-5H2,1-2H3. The van der Waals surface area contributed by atoms with Crippen LogP contribution in [0, 0.1) is 0 Å². The average molecular weight is 457 g/mol. The molecule has 0 fully saturated rings. The molecule has 0 spiro atoms. The molecule has 0 unspecified atom stereocenters. The van der Waals surface area contributed by atoms with Crippen molar-refractivity contribution >= 4 is 0 Å². The molecular weight excluding hydrogens is 384 g/mol. The Kier molecular flexibility index (Phi) is 59.4.